The van der Waals surface area contributed by atoms with Gasteiger partial charge in [0.2, 0.25) is 10.0 Å². The highest BCUT2D eigenvalue weighted by Gasteiger charge is 2.30. The first-order chi connectivity index (χ1) is 9.98. The van der Waals surface area contributed by atoms with Gasteiger partial charge in [-0.3, -0.25) is 0 Å². The molecule has 0 unspecified atom stereocenters. The number of benzene rings is 1. The van der Waals surface area contributed by atoms with Crippen LogP contribution in [0.1, 0.15) is 6.92 Å². The van der Waals surface area contributed by atoms with Crippen LogP contribution in [0.3, 0.4) is 0 Å². The van der Waals surface area contributed by atoms with Gasteiger partial charge in [0, 0.05) is 37.1 Å². The molecule has 1 aliphatic rings. The van der Waals surface area contributed by atoms with E-state index in [0.717, 1.165) is 0 Å². The molecule has 1 atom stereocenters. The van der Waals surface area contributed by atoms with Crippen molar-refractivity contribution in [3.8, 4) is 0 Å². The number of fused-ring (bicyclic) bond motifs is 1. The fourth-order valence-corrected chi connectivity index (χ4v) is 4.19. The van der Waals surface area contributed by atoms with E-state index < -0.39 is 15.6 Å². The van der Waals surface area contributed by atoms with Gasteiger partial charge in [-0.25, -0.2) is 13.2 Å². The van der Waals surface area contributed by atoms with Crippen LogP contribution >= 0.6 is 0 Å². The van der Waals surface area contributed by atoms with Crippen LogP contribution in [0.25, 0.3) is 11.0 Å². The van der Waals surface area contributed by atoms with Gasteiger partial charge in [-0.05, 0) is 31.2 Å². The third-order valence-corrected chi connectivity index (χ3v) is 5.65. The summed E-state index contributed by atoms with van der Waals surface area (Å²) in [7, 11) is -3.54. The van der Waals surface area contributed by atoms with Crippen molar-refractivity contribution in [1.29, 1.82) is 0 Å². The molecule has 2 heterocycles. The molecule has 1 aliphatic heterocycles. The Morgan fingerprint density at radius 2 is 2.10 bits per heavy atom. The molecule has 0 amide bonds. The Bertz CT molecular complexity index is 828. The summed E-state index contributed by atoms with van der Waals surface area (Å²) in [4.78, 5) is 11.4. The summed E-state index contributed by atoms with van der Waals surface area (Å²) in [5.41, 5.74) is -0.0661. The Labute approximate surface area is 122 Å². The van der Waals surface area contributed by atoms with Crippen molar-refractivity contribution < 1.29 is 12.8 Å². The van der Waals surface area contributed by atoms with Crippen molar-refractivity contribution in [3.63, 3.8) is 0 Å². The van der Waals surface area contributed by atoms with E-state index >= 15 is 0 Å². The molecule has 0 aliphatic carbocycles. The van der Waals surface area contributed by atoms with Crippen LogP contribution in [-0.4, -0.2) is 38.4 Å². The molecule has 0 bridgehead atoms. The zero-order chi connectivity index (χ0) is 15.0. The molecule has 1 aromatic heterocycles. The van der Waals surface area contributed by atoms with E-state index in [2.05, 4.69) is 5.32 Å². The number of piperazine rings is 1. The van der Waals surface area contributed by atoms with Crippen LogP contribution < -0.4 is 10.9 Å². The molecule has 1 fully saturated rings. The van der Waals surface area contributed by atoms with Gasteiger partial charge in [-0.1, -0.05) is 0 Å². The van der Waals surface area contributed by atoms with Gasteiger partial charge >= 0.3 is 5.63 Å². The van der Waals surface area contributed by atoms with Gasteiger partial charge in [0.15, 0.2) is 0 Å². The molecule has 1 saturated heterocycles. The lowest BCUT2D eigenvalue weighted by Crippen LogP contribution is -2.52. The zero-order valence-corrected chi connectivity index (χ0v) is 12.4. The predicted octanol–water partition coefficient (Wildman–Crippen LogP) is 0.775. The van der Waals surface area contributed by atoms with Gasteiger partial charge in [-0.2, -0.15) is 4.31 Å². The molecular formula is C14H16N2O4S. The van der Waals surface area contributed by atoms with Crippen molar-refractivity contribution in [2.75, 3.05) is 19.6 Å². The van der Waals surface area contributed by atoms with Gasteiger partial charge in [-0.15, -0.1) is 0 Å². The lowest BCUT2D eigenvalue weighted by molar-refractivity contribution is 0.284. The van der Waals surface area contributed by atoms with E-state index in [4.69, 9.17) is 4.42 Å². The summed E-state index contributed by atoms with van der Waals surface area (Å²) in [6.07, 6.45) is 0. The van der Waals surface area contributed by atoms with Crippen LogP contribution in [0.2, 0.25) is 0 Å². The Morgan fingerprint density at radius 1 is 1.29 bits per heavy atom. The molecule has 6 nitrogen and oxygen atoms in total. The largest absolute Gasteiger partial charge is 0.423 e. The average Bonchev–Trinajstić information content (AvgIpc) is 2.47. The second-order valence-corrected chi connectivity index (χ2v) is 7.01. The first-order valence-electron chi connectivity index (χ1n) is 6.75. The number of nitrogens with one attached hydrogen (secondary N) is 1. The number of hydrogen-bond acceptors (Lipinski definition) is 5. The van der Waals surface area contributed by atoms with Crippen molar-refractivity contribution in [2.45, 2.75) is 17.9 Å². The third-order valence-electron chi connectivity index (χ3n) is 3.64. The first-order valence-corrected chi connectivity index (χ1v) is 8.19. The lowest BCUT2D eigenvalue weighted by Gasteiger charge is -2.32. The number of sulfonamides is 1. The summed E-state index contributed by atoms with van der Waals surface area (Å²) in [6, 6.07) is 7.31. The van der Waals surface area contributed by atoms with Crippen LogP contribution in [0.15, 0.2) is 44.4 Å². The molecule has 3 rings (SSSR count). The van der Waals surface area contributed by atoms with Crippen molar-refractivity contribution in [1.82, 2.24) is 9.62 Å². The highest BCUT2D eigenvalue weighted by molar-refractivity contribution is 7.89. The van der Waals surface area contributed by atoms with Gasteiger partial charge < -0.3 is 9.73 Å². The molecular weight excluding hydrogens is 292 g/mol. The molecule has 1 aromatic carbocycles. The van der Waals surface area contributed by atoms with E-state index in [1.807, 2.05) is 6.92 Å². The minimum Gasteiger partial charge on any atom is -0.423 e. The van der Waals surface area contributed by atoms with E-state index in [0.29, 0.717) is 30.6 Å². The second-order valence-electron chi connectivity index (χ2n) is 5.12. The summed E-state index contributed by atoms with van der Waals surface area (Å²) in [5, 5.41) is 3.76. The maximum atomic E-state index is 12.7. The van der Waals surface area contributed by atoms with Crippen molar-refractivity contribution in [2.24, 2.45) is 0 Å². The minimum atomic E-state index is -3.54. The third kappa shape index (κ3) is 2.59. The molecule has 1 N–H and O–H groups in total. The SMILES string of the molecule is C[C@H]1CNCCN1S(=O)(=O)c1ccc2oc(=O)ccc2c1. The summed E-state index contributed by atoms with van der Waals surface area (Å²) < 4.78 is 32.0. The van der Waals surface area contributed by atoms with E-state index in [9.17, 15) is 13.2 Å². The Morgan fingerprint density at radius 3 is 2.86 bits per heavy atom. The Balaban J connectivity index is 2.06. The minimum absolute atomic E-state index is 0.0897. The highest BCUT2D eigenvalue weighted by atomic mass is 32.2. The quantitative estimate of drug-likeness (QED) is 0.829. The van der Waals surface area contributed by atoms with Crippen LogP contribution in [0.4, 0.5) is 0 Å². The molecule has 112 valence electrons. The highest BCUT2D eigenvalue weighted by Crippen LogP contribution is 2.23. The van der Waals surface area contributed by atoms with Gasteiger partial charge in [0.25, 0.3) is 0 Å². The van der Waals surface area contributed by atoms with Gasteiger partial charge in [0.05, 0.1) is 4.90 Å². The standard InChI is InChI=1S/C14H16N2O4S/c1-10-9-15-6-7-16(10)21(18,19)12-3-4-13-11(8-12)2-5-14(17)20-13/h2-5,8,10,15H,6-7,9H2,1H3/t10-/m0/s1. The predicted molar refractivity (Wildman–Crippen MR) is 78.7 cm³/mol. The van der Waals surface area contributed by atoms with E-state index in [1.54, 1.807) is 12.1 Å². The summed E-state index contributed by atoms with van der Waals surface area (Å²) in [6.45, 7) is 3.61. The topological polar surface area (TPSA) is 79.6 Å². The smallest absolute Gasteiger partial charge is 0.336 e. The summed E-state index contributed by atoms with van der Waals surface area (Å²) in [5.74, 6) is 0. The Hall–Kier alpha value is -1.70. The summed E-state index contributed by atoms with van der Waals surface area (Å²) >= 11 is 0. The molecule has 21 heavy (non-hydrogen) atoms. The average molecular weight is 308 g/mol. The van der Waals surface area contributed by atoms with E-state index in [1.165, 1.54) is 22.5 Å². The maximum Gasteiger partial charge on any atom is 0.336 e. The number of nitrogens with zero attached hydrogens (tertiary/aromatic N) is 1. The first kappa shape index (κ1) is 14.2. The second kappa shape index (κ2) is 5.25. The molecule has 0 saturated carbocycles. The van der Waals surface area contributed by atoms with Crippen LogP contribution in [0, 0.1) is 0 Å². The van der Waals surface area contributed by atoms with Crippen molar-refractivity contribution >= 4 is 21.0 Å². The van der Waals surface area contributed by atoms with Gasteiger partial charge in [0.1, 0.15) is 5.58 Å². The Kier molecular flexibility index (Phi) is 3.56. The fourth-order valence-electron chi connectivity index (χ4n) is 2.53. The molecule has 0 spiro atoms. The normalized spacial score (nSPS) is 20.7. The van der Waals surface area contributed by atoms with Crippen molar-refractivity contribution in [3.05, 3.63) is 40.8 Å². The molecule has 2 aromatic rings. The fraction of sp³-hybridized carbons (Fsp3) is 0.357. The maximum absolute atomic E-state index is 12.7. The van der Waals surface area contributed by atoms with Crippen LogP contribution in [-0.2, 0) is 10.0 Å². The van der Waals surface area contributed by atoms with Crippen LogP contribution in [0.5, 0.6) is 0 Å². The monoisotopic (exact) mass is 308 g/mol. The molecule has 0 radical (unpaired) electrons. The number of hydrogen-bond donors (Lipinski definition) is 1. The lowest BCUT2D eigenvalue weighted by atomic mass is 10.2. The zero-order valence-electron chi connectivity index (χ0n) is 11.6. The molecule has 7 heteroatoms. The number of rotatable bonds is 2. The van der Waals surface area contributed by atoms with E-state index in [-0.39, 0.29) is 10.9 Å².